The number of carbonyl (C=O) groups excluding carboxylic acids is 1. The van der Waals surface area contributed by atoms with E-state index in [1.165, 1.54) is 0 Å². The number of halogens is 3. The van der Waals surface area contributed by atoms with Gasteiger partial charge in [0.05, 0.1) is 12.5 Å². The molecule has 0 aromatic heterocycles. The van der Waals surface area contributed by atoms with Gasteiger partial charge in [-0.1, -0.05) is 25.7 Å². The van der Waals surface area contributed by atoms with Gasteiger partial charge < -0.3 is 5.32 Å². The normalized spacial score (nSPS) is 19.7. The molecular formula is C12H17F3N2O. The van der Waals surface area contributed by atoms with Gasteiger partial charge >= 0.3 is 6.18 Å². The number of carbonyl (C=O) groups is 1. The molecule has 0 radical (unpaired) electrons. The summed E-state index contributed by atoms with van der Waals surface area (Å²) >= 11 is 0. The molecule has 1 amide bonds. The van der Waals surface area contributed by atoms with Crippen molar-refractivity contribution < 1.29 is 18.0 Å². The monoisotopic (exact) mass is 262 g/mol. The summed E-state index contributed by atoms with van der Waals surface area (Å²) in [6.07, 6.45) is -0.946. The Morgan fingerprint density at radius 3 is 2.22 bits per heavy atom. The molecule has 102 valence electrons. The molecule has 0 aromatic rings. The van der Waals surface area contributed by atoms with E-state index >= 15 is 0 Å². The zero-order valence-corrected chi connectivity index (χ0v) is 10.1. The second-order valence-corrected chi connectivity index (χ2v) is 4.73. The van der Waals surface area contributed by atoms with Gasteiger partial charge in [0.2, 0.25) is 5.91 Å². The van der Waals surface area contributed by atoms with Crippen LogP contribution in [-0.4, -0.2) is 18.6 Å². The fourth-order valence-corrected chi connectivity index (χ4v) is 2.21. The topological polar surface area (TPSA) is 52.9 Å². The van der Waals surface area contributed by atoms with E-state index in [1.807, 2.05) is 6.07 Å². The van der Waals surface area contributed by atoms with Gasteiger partial charge in [0.25, 0.3) is 0 Å². The lowest BCUT2D eigenvalue weighted by Crippen LogP contribution is -2.41. The molecule has 1 rings (SSSR count). The summed E-state index contributed by atoms with van der Waals surface area (Å²) in [5, 5.41) is 11.4. The molecule has 0 aliphatic heterocycles. The molecule has 0 saturated heterocycles. The van der Waals surface area contributed by atoms with E-state index in [9.17, 15) is 18.0 Å². The molecule has 1 saturated carbocycles. The number of hydrogen-bond acceptors (Lipinski definition) is 2. The van der Waals surface area contributed by atoms with Gasteiger partial charge in [-0.15, -0.1) is 0 Å². The Kier molecular flexibility index (Phi) is 5.00. The fraction of sp³-hybridized carbons (Fsp3) is 0.833. The number of amides is 1. The largest absolute Gasteiger partial charge is 0.390 e. The van der Waals surface area contributed by atoms with E-state index in [2.05, 4.69) is 5.32 Å². The van der Waals surface area contributed by atoms with Gasteiger partial charge in [0, 0.05) is 6.54 Å². The van der Waals surface area contributed by atoms with Crippen molar-refractivity contribution in [1.29, 1.82) is 5.26 Å². The molecule has 1 aliphatic carbocycles. The van der Waals surface area contributed by atoms with Crippen LogP contribution in [0.1, 0.15) is 44.9 Å². The van der Waals surface area contributed by atoms with Gasteiger partial charge in [-0.3, -0.25) is 4.79 Å². The van der Waals surface area contributed by atoms with E-state index in [4.69, 9.17) is 5.26 Å². The summed E-state index contributed by atoms with van der Waals surface area (Å²) in [6.45, 7) is -0.453. The highest BCUT2D eigenvalue weighted by Gasteiger charge is 2.39. The highest BCUT2D eigenvalue weighted by molar-refractivity contribution is 5.85. The van der Waals surface area contributed by atoms with Crippen LogP contribution in [0.15, 0.2) is 0 Å². The number of nitrogens with one attached hydrogen (secondary N) is 1. The Bertz CT molecular complexity index is 325. The molecule has 0 bridgehead atoms. The van der Waals surface area contributed by atoms with Crippen molar-refractivity contribution in [2.75, 3.05) is 6.54 Å². The van der Waals surface area contributed by atoms with Gasteiger partial charge in [-0.25, -0.2) is 0 Å². The van der Waals surface area contributed by atoms with Crippen LogP contribution in [0.25, 0.3) is 0 Å². The maximum Gasteiger partial charge on any atom is 0.390 e. The van der Waals surface area contributed by atoms with E-state index < -0.39 is 30.5 Å². The van der Waals surface area contributed by atoms with E-state index in [0.717, 1.165) is 25.7 Å². The van der Waals surface area contributed by atoms with Gasteiger partial charge in [0.15, 0.2) is 0 Å². The first kappa shape index (κ1) is 14.8. The molecule has 3 nitrogen and oxygen atoms in total. The molecule has 6 heteroatoms. The number of nitrogens with zero attached hydrogens (tertiary/aromatic N) is 1. The summed E-state index contributed by atoms with van der Waals surface area (Å²) in [6, 6.07) is 2.01. The molecule has 0 heterocycles. The maximum absolute atomic E-state index is 12.0. The number of nitriles is 1. The minimum atomic E-state index is -4.28. The summed E-state index contributed by atoms with van der Waals surface area (Å²) in [4.78, 5) is 11.9. The quantitative estimate of drug-likeness (QED) is 0.795. The van der Waals surface area contributed by atoms with Crippen molar-refractivity contribution >= 4 is 5.91 Å². The molecule has 0 spiro atoms. The minimum Gasteiger partial charge on any atom is -0.354 e. The lowest BCUT2D eigenvalue weighted by Gasteiger charge is -2.23. The summed E-state index contributed by atoms with van der Waals surface area (Å²) < 4.78 is 35.9. The number of rotatable bonds is 3. The lowest BCUT2D eigenvalue weighted by molar-refractivity contribution is -0.137. The van der Waals surface area contributed by atoms with Crippen LogP contribution in [0.3, 0.4) is 0 Å². The molecular weight excluding hydrogens is 245 g/mol. The molecule has 0 aromatic carbocycles. The predicted molar refractivity (Wildman–Crippen MR) is 59.4 cm³/mol. The van der Waals surface area contributed by atoms with Crippen LogP contribution in [0, 0.1) is 16.7 Å². The standard InChI is InChI=1S/C12H17F3N2O/c13-12(14,15)7-8-17-10(18)11(9-16)5-3-1-2-4-6-11/h1-8H2,(H,17,18). The number of hydrogen-bond donors (Lipinski definition) is 1. The third kappa shape index (κ3) is 4.21. The van der Waals surface area contributed by atoms with E-state index in [0.29, 0.717) is 12.8 Å². The van der Waals surface area contributed by atoms with Crippen molar-refractivity contribution in [2.24, 2.45) is 5.41 Å². The Labute approximate surface area is 104 Å². The zero-order valence-electron chi connectivity index (χ0n) is 10.1. The summed E-state index contributed by atoms with van der Waals surface area (Å²) in [5.74, 6) is -0.545. The van der Waals surface area contributed by atoms with Crippen molar-refractivity contribution in [3.8, 4) is 6.07 Å². The van der Waals surface area contributed by atoms with Crippen molar-refractivity contribution in [1.82, 2.24) is 5.32 Å². The molecule has 0 unspecified atom stereocenters. The molecule has 0 atom stereocenters. The van der Waals surface area contributed by atoms with Gasteiger partial charge in [-0.2, -0.15) is 18.4 Å². The van der Waals surface area contributed by atoms with E-state index in [1.54, 1.807) is 0 Å². The van der Waals surface area contributed by atoms with Crippen LogP contribution in [0.5, 0.6) is 0 Å². The average molecular weight is 262 g/mol. The molecule has 1 N–H and O–H groups in total. The minimum absolute atomic E-state index is 0.446. The SMILES string of the molecule is N#CC1(C(=O)NCCC(F)(F)F)CCCCCC1. The van der Waals surface area contributed by atoms with Crippen LogP contribution in [-0.2, 0) is 4.79 Å². The Morgan fingerprint density at radius 1 is 1.22 bits per heavy atom. The van der Waals surface area contributed by atoms with Crippen LogP contribution in [0.4, 0.5) is 13.2 Å². The van der Waals surface area contributed by atoms with Crippen molar-refractivity contribution in [2.45, 2.75) is 51.1 Å². The van der Waals surface area contributed by atoms with Crippen LogP contribution >= 0.6 is 0 Å². The van der Waals surface area contributed by atoms with Crippen LogP contribution < -0.4 is 5.32 Å². The lowest BCUT2D eigenvalue weighted by atomic mass is 9.81. The first-order chi connectivity index (χ1) is 8.40. The Balaban J connectivity index is 2.54. The Hall–Kier alpha value is -1.25. The smallest absolute Gasteiger partial charge is 0.354 e. The second kappa shape index (κ2) is 6.07. The predicted octanol–water partition coefficient (Wildman–Crippen LogP) is 2.92. The fourth-order valence-electron chi connectivity index (χ4n) is 2.21. The maximum atomic E-state index is 12.0. The second-order valence-electron chi connectivity index (χ2n) is 4.73. The molecule has 1 fully saturated rings. The molecule has 18 heavy (non-hydrogen) atoms. The number of alkyl halides is 3. The van der Waals surface area contributed by atoms with Gasteiger partial charge in [0.1, 0.15) is 5.41 Å². The highest BCUT2D eigenvalue weighted by Crippen LogP contribution is 2.34. The summed E-state index contributed by atoms with van der Waals surface area (Å²) in [7, 11) is 0. The molecule has 1 aliphatic rings. The third-order valence-electron chi connectivity index (χ3n) is 3.30. The third-order valence-corrected chi connectivity index (χ3v) is 3.30. The van der Waals surface area contributed by atoms with E-state index in [-0.39, 0.29) is 0 Å². The van der Waals surface area contributed by atoms with Crippen molar-refractivity contribution in [3.63, 3.8) is 0 Å². The first-order valence-electron chi connectivity index (χ1n) is 6.16. The summed E-state index contributed by atoms with van der Waals surface area (Å²) in [5.41, 5.74) is -1.12. The first-order valence-corrected chi connectivity index (χ1v) is 6.16. The Morgan fingerprint density at radius 2 is 1.78 bits per heavy atom. The highest BCUT2D eigenvalue weighted by atomic mass is 19.4. The van der Waals surface area contributed by atoms with Gasteiger partial charge in [-0.05, 0) is 12.8 Å². The average Bonchev–Trinajstić information content (AvgIpc) is 2.53. The van der Waals surface area contributed by atoms with Crippen LogP contribution in [0.2, 0.25) is 0 Å². The zero-order chi connectivity index (χ0) is 13.6. The van der Waals surface area contributed by atoms with Crippen molar-refractivity contribution in [3.05, 3.63) is 0 Å².